The molecule has 2 aromatic rings. The lowest BCUT2D eigenvalue weighted by molar-refractivity contribution is -0.141. The largest absolute Gasteiger partial charge is 0.482 e. The molecule has 0 aliphatic carbocycles. The number of alkyl halides is 3. The molecule has 31 heavy (non-hydrogen) atoms. The number of hydrogen-bond acceptors (Lipinski definition) is 6. The first kappa shape index (κ1) is 21.2. The Labute approximate surface area is 177 Å². The van der Waals surface area contributed by atoms with Gasteiger partial charge in [0.15, 0.2) is 11.5 Å². The van der Waals surface area contributed by atoms with Crippen LogP contribution in [0, 0.1) is 6.92 Å². The Bertz CT molecular complexity index is 961. The van der Waals surface area contributed by atoms with Crippen LogP contribution in [0.15, 0.2) is 30.3 Å². The zero-order chi connectivity index (χ0) is 22.2. The molecule has 0 bridgehead atoms. The maximum absolute atomic E-state index is 13.0. The van der Waals surface area contributed by atoms with Crippen molar-refractivity contribution in [1.29, 1.82) is 0 Å². The molecule has 7 nitrogen and oxygen atoms in total. The Morgan fingerprint density at radius 2 is 1.77 bits per heavy atom. The van der Waals surface area contributed by atoms with Gasteiger partial charge in [-0.05, 0) is 38.8 Å². The van der Waals surface area contributed by atoms with E-state index in [-0.39, 0.29) is 23.6 Å². The summed E-state index contributed by atoms with van der Waals surface area (Å²) in [6.45, 7) is 4.16. The lowest BCUT2D eigenvalue weighted by atomic mass is 10.0. The average Bonchev–Trinajstić information content (AvgIpc) is 2.72. The van der Waals surface area contributed by atoms with Gasteiger partial charge in [0.25, 0.3) is 5.91 Å². The van der Waals surface area contributed by atoms with E-state index < -0.39 is 24.1 Å². The molecule has 4 rings (SSSR count). The van der Waals surface area contributed by atoms with Gasteiger partial charge in [-0.1, -0.05) is 12.1 Å². The zero-order valence-corrected chi connectivity index (χ0v) is 17.1. The first-order valence-electron chi connectivity index (χ1n) is 10.1. The van der Waals surface area contributed by atoms with Crippen LogP contribution in [0.2, 0.25) is 0 Å². The molecule has 1 aromatic carbocycles. The number of anilines is 1. The smallest absolute Gasteiger partial charge is 0.433 e. The summed E-state index contributed by atoms with van der Waals surface area (Å²) < 4.78 is 50.7. The quantitative estimate of drug-likeness (QED) is 0.797. The number of halogens is 3. The maximum Gasteiger partial charge on any atom is 0.433 e. The first-order valence-corrected chi connectivity index (χ1v) is 10.1. The van der Waals surface area contributed by atoms with Crippen LogP contribution in [-0.4, -0.2) is 47.2 Å². The molecule has 2 aliphatic heterocycles. The lowest BCUT2D eigenvalue weighted by Crippen LogP contribution is -2.53. The monoisotopic (exact) mass is 436 g/mol. The van der Waals surface area contributed by atoms with Crippen molar-refractivity contribution in [3.63, 3.8) is 0 Å². The number of carbonyl (C=O) groups excluding carboxylic acids is 1. The fourth-order valence-corrected chi connectivity index (χ4v) is 3.80. The van der Waals surface area contributed by atoms with Gasteiger partial charge in [0, 0.05) is 25.2 Å². The second-order valence-electron chi connectivity index (χ2n) is 7.73. The van der Waals surface area contributed by atoms with Crippen molar-refractivity contribution in [3.05, 3.63) is 41.9 Å². The van der Waals surface area contributed by atoms with Crippen LogP contribution in [0.4, 0.5) is 19.0 Å². The molecule has 1 saturated heterocycles. The van der Waals surface area contributed by atoms with Gasteiger partial charge in [0.1, 0.15) is 23.4 Å². The van der Waals surface area contributed by atoms with Crippen molar-refractivity contribution in [2.75, 3.05) is 18.0 Å². The number of para-hydroxylation sites is 2. The van der Waals surface area contributed by atoms with Gasteiger partial charge >= 0.3 is 6.18 Å². The Kier molecular flexibility index (Phi) is 5.63. The number of benzene rings is 1. The van der Waals surface area contributed by atoms with E-state index in [0.29, 0.717) is 37.4 Å². The van der Waals surface area contributed by atoms with Crippen LogP contribution in [0.1, 0.15) is 31.3 Å². The highest BCUT2D eigenvalue weighted by Crippen LogP contribution is 2.34. The Morgan fingerprint density at radius 3 is 2.42 bits per heavy atom. The summed E-state index contributed by atoms with van der Waals surface area (Å²) in [6, 6.07) is 8.04. The van der Waals surface area contributed by atoms with Gasteiger partial charge < -0.3 is 19.7 Å². The topological polar surface area (TPSA) is 76.6 Å². The van der Waals surface area contributed by atoms with E-state index >= 15 is 0 Å². The fourth-order valence-electron chi connectivity index (χ4n) is 3.80. The van der Waals surface area contributed by atoms with E-state index in [4.69, 9.17) is 9.47 Å². The summed E-state index contributed by atoms with van der Waals surface area (Å²) >= 11 is 0. The Balaban J connectivity index is 1.36. The molecule has 0 radical (unpaired) electrons. The standard InChI is InChI=1S/C21H23F3N4O3/c1-12-19(31-16-6-4-3-5-15(16)30-12)20(29)27-14-7-9-28(10-8-14)18-11-17(21(22,23)24)25-13(2)26-18/h3-6,11-12,14,19H,7-10H2,1-2H3,(H,27,29)/t12-,19+/m1/s1. The number of amides is 1. The number of nitrogens with zero attached hydrogens (tertiary/aromatic N) is 3. The Hall–Kier alpha value is -3.04. The van der Waals surface area contributed by atoms with Crippen LogP contribution in [-0.2, 0) is 11.0 Å². The van der Waals surface area contributed by atoms with Crippen LogP contribution in [0.3, 0.4) is 0 Å². The summed E-state index contributed by atoms with van der Waals surface area (Å²) in [4.78, 5) is 22.2. The third kappa shape index (κ3) is 4.67. The molecule has 166 valence electrons. The molecule has 2 aliphatic rings. The van der Waals surface area contributed by atoms with Crippen molar-refractivity contribution in [3.8, 4) is 11.5 Å². The minimum atomic E-state index is -4.52. The molecule has 10 heteroatoms. The number of aromatic nitrogens is 2. The van der Waals surface area contributed by atoms with Crippen molar-refractivity contribution in [1.82, 2.24) is 15.3 Å². The van der Waals surface area contributed by atoms with Crippen LogP contribution < -0.4 is 19.7 Å². The number of aryl methyl sites for hydroxylation is 1. The normalized spacial score (nSPS) is 21.6. The van der Waals surface area contributed by atoms with E-state index in [1.807, 2.05) is 12.1 Å². The molecular formula is C21H23F3N4O3. The molecule has 1 amide bonds. The predicted octanol–water partition coefficient (Wildman–Crippen LogP) is 3.12. The van der Waals surface area contributed by atoms with Gasteiger partial charge in [-0.25, -0.2) is 9.97 Å². The number of ether oxygens (including phenoxy) is 2. The van der Waals surface area contributed by atoms with Crippen molar-refractivity contribution >= 4 is 11.7 Å². The van der Waals surface area contributed by atoms with Gasteiger partial charge in [0.05, 0.1) is 0 Å². The molecule has 2 atom stereocenters. The van der Waals surface area contributed by atoms with Crippen molar-refractivity contribution in [2.45, 2.75) is 51.1 Å². The lowest BCUT2D eigenvalue weighted by Gasteiger charge is -2.35. The summed E-state index contributed by atoms with van der Waals surface area (Å²) in [5, 5.41) is 2.99. The number of hydrogen-bond donors (Lipinski definition) is 1. The van der Waals surface area contributed by atoms with Gasteiger partial charge in [-0.2, -0.15) is 13.2 Å². The molecular weight excluding hydrogens is 413 g/mol. The van der Waals surface area contributed by atoms with Gasteiger partial charge in [-0.15, -0.1) is 0 Å². The third-order valence-electron chi connectivity index (χ3n) is 5.38. The van der Waals surface area contributed by atoms with E-state index in [1.165, 1.54) is 6.92 Å². The predicted molar refractivity (Wildman–Crippen MR) is 106 cm³/mol. The first-order chi connectivity index (χ1) is 14.7. The van der Waals surface area contributed by atoms with Crippen molar-refractivity contribution in [2.24, 2.45) is 0 Å². The number of rotatable bonds is 3. The highest BCUT2D eigenvalue weighted by atomic mass is 19.4. The molecule has 1 aromatic heterocycles. The Morgan fingerprint density at radius 1 is 1.13 bits per heavy atom. The number of fused-ring (bicyclic) bond motifs is 1. The van der Waals surface area contributed by atoms with E-state index in [9.17, 15) is 18.0 Å². The minimum Gasteiger partial charge on any atom is -0.482 e. The molecule has 0 unspecified atom stereocenters. The highest BCUT2D eigenvalue weighted by molar-refractivity contribution is 5.82. The average molecular weight is 436 g/mol. The van der Waals surface area contributed by atoms with Crippen LogP contribution in [0.25, 0.3) is 0 Å². The number of piperidine rings is 1. The summed E-state index contributed by atoms with van der Waals surface area (Å²) in [5.41, 5.74) is -0.950. The number of nitrogens with one attached hydrogen (secondary N) is 1. The van der Waals surface area contributed by atoms with Crippen LogP contribution in [0.5, 0.6) is 11.5 Å². The van der Waals surface area contributed by atoms with Crippen LogP contribution >= 0.6 is 0 Å². The van der Waals surface area contributed by atoms with Gasteiger partial charge in [-0.3, -0.25) is 4.79 Å². The van der Waals surface area contributed by atoms with Gasteiger partial charge in [0.2, 0.25) is 6.10 Å². The molecule has 1 N–H and O–H groups in total. The third-order valence-corrected chi connectivity index (χ3v) is 5.38. The maximum atomic E-state index is 13.0. The summed E-state index contributed by atoms with van der Waals surface area (Å²) in [6.07, 6.45) is -4.58. The summed E-state index contributed by atoms with van der Waals surface area (Å²) in [5.74, 6) is 1.18. The zero-order valence-electron chi connectivity index (χ0n) is 17.1. The minimum absolute atomic E-state index is 0.0731. The van der Waals surface area contributed by atoms with Crippen molar-refractivity contribution < 1.29 is 27.4 Å². The summed E-state index contributed by atoms with van der Waals surface area (Å²) in [7, 11) is 0. The second-order valence-corrected chi connectivity index (χ2v) is 7.73. The molecule has 0 spiro atoms. The number of carbonyl (C=O) groups is 1. The second kappa shape index (κ2) is 8.24. The highest BCUT2D eigenvalue weighted by Gasteiger charge is 2.36. The molecule has 0 saturated carbocycles. The van der Waals surface area contributed by atoms with E-state index in [0.717, 1.165) is 6.07 Å². The molecule has 3 heterocycles. The van der Waals surface area contributed by atoms with E-state index in [1.54, 1.807) is 24.0 Å². The van der Waals surface area contributed by atoms with E-state index in [2.05, 4.69) is 15.3 Å². The SMILES string of the molecule is Cc1nc(N2CCC(NC(=O)[C@H]3Oc4ccccc4O[C@@H]3C)CC2)cc(C(F)(F)F)n1. The molecule has 1 fully saturated rings. The fraction of sp³-hybridized carbons (Fsp3) is 0.476.